The maximum Gasteiger partial charge on any atom is 0.259 e. The summed E-state index contributed by atoms with van der Waals surface area (Å²) < 4.78 is 2.55. The van der Waals surface area contributed by atoms with Crippen molar-refractivity contribution in [2.24, 2.45) is 10.2 Å². The number of phenolic OH excluding ortho intramolecular Hbond substituents is 2. The molecule has 0 bridgehead atoms. The molecule has 4 heterocycles. The molecule has 0 unspecified atom stereocenters. The first kappa shape index (κ1) is 39.4. The van der Waals surface area contributed by atoms with Crippen LogP contribution >= 0.6 is 0 Å². The predicted octanol–water partition coefficient (Wildman–Crippen LogP) is 7.46. The van der Waals surface area contributed by atoms with Crippen LogP contribution in [0.4, 0.5) is 34.4 Å². The van der Waals surface area contributed by atoms with Gasteiger partial charge >= 0.3 is 0 Å². The van der Waals surface area contributed by atoms with Crippen LogP contribution in [0, 0.1) is 22.7 Å². The zero-order valence-corrected chi connectivity index (χ0v) is 32.8. The van der Waals surface area contributed by atoms with Crippen molar-refractivity contribution >= 4 is 67.7 Å². The number of hydrogen-bond acceptors (Lipinski definition) is 16. The van der Waals surface area contributed by atoms with Crippen molar-refractivity contribution < 1.29 is 19.8 Å². The maximum absolute atomic E-state index is 13.7. The molecular weight excluding hydrogens is 817 g/mol. The number of benzene rings is 5. The first-order chi connectivity index (χ1) is 31.3. The quantitative estimate of drug-likeness (QED) is 0.0419. The largest absolute Gasteiger partial charge is 0.505 e. The van der Waals surface area contributed by atoms with Gasteiger partial charge in [0.2, 0.25) is 0 Å². The van der Waals surface area contributed by atoms with E-state index in [9.17, 15) is 30.3 Å². The fourth-order valence-corrected chi connectivity index (χ4v) is 6.65. The van der Waals surface area contributed by atoms with Gasteiger partial charge in [-0.05, 0) is 59.3 Å². The number of aromatic hydroxyl groups is 2. The fourth-order valence-electron chi connectivity index (χ4n) is 6.65. The summed E-state index contributed by atoms with van der Waals surface area (Å²) in [6.07, 6.45) is 8.69. The number of amides is 2. The lowest BCUT2D eigenvalue weighted by Gasteiger charge is -2.17. The van der Waals surface area contributed by atoms with Gasteiger partial charge in [0.1, 0.15) is 34.6 Å². The normalized spacial score (nSPS) is 11.0. The second-order valence-corrected chi connectivity index (χ2v) is 13.6. The molecule has 308 valence electrons. The highest BCUT2D eigenvalue weighted by Crippen LogP contribution is 2.41. The Labute approximate surface area is 360 Å². The summed E-state index contributed by atoms with van der Waals surface area (Å²) in [6.45, 7) is 0. The standard InChI is InChI=1S/C44H28N16O4/c45-21-27-23-51-59(43-47-15-5-16-48-43)39(27)57-55-35-31-9-3-1-7-25(31)19-33(37(35)61)41(63)53-29-11-13-30(14-12-29)54-42(64)34-20-26-8-2-4-10-32(26)36(38(34)62)56-58-40-28(22-46)24-52-60(40)44-49-17-6-18-50-44/h1-20,23-24,55,57,61-62H,(H,53,63)(H,54,64)/b58-56+. The van der Waals surface area contributed by atoms with Crippen molar-refractivity contribution in [3.8, 4) is 35.5 Å². The Balaban J connectivity index is 0.945. The van der Waals surface area contributed by atoms with Crippen LogP contribution in [0.15, 0.2) is 144 Å². The summed E-state index contributed by atoms with van der Waals surface area (Å²) in [5, 5.41) is 67.2. The summed E-state index contributed by atoms with van der Waals surface area (Å²) in [5.74, 6) is -1.63. The fraction of sp³-hybridized carbons (Fsp3) is 0. The molecule has 9 rings (SSSR count). The molecule has 0 radical (unpaired) electrons. The van der Waals surface area contributed by atoms with E-state index < -0.39 is 17.6 Å². The zero-order valence-electron chi connectivity index (χ0n) is 32.8. The van der Waals surface area contributed by atoms with Gasteiger partial charge in [-0.15, -0.1) is 10.2 Å². The van der Waals surface area contributed by atoms with Crippen LogP contribution in [0.1, 0.15) is 31.8 Å². The number of rotatable bonds is 11. The molecule has 0 saturated carbocycles. The van der Waals surface area contributed by atoms with Crippen molar-refractivity contribution in [2.75, 3.05) is 21.5 Å². The number of anilines is 4. The van der Waals surface area contributed by atoms with Crippen LogP contribution in [0.2, 0.25) is 0 Å². The molecule has 0 aliphatic carbocycles. The lowest BCUT2D eigenvalue weighted by Crippen LogP contribution is -2.17. The first-order valence-corrected chi connectivity index (χ1v) is 19.0. The maximum atomic E-state index is 13.7. The van der Waals surface area contributed by atoms with Gasteiger partial charge in [0.25, 0.3) is 23.7 Å². The van der Waals surface area contributed by atoms with Crippen molar-refractivity contribution in [1.82, 2.24) is 39.5 Å². The molecular formula is C44H28N16O4. The van der Waals surface area contributed by atoms with Crippen LogP contribution < -0.4 is 21.5 Å². The lowest BCUT2D eigenvalue weighted by atomic mass is 10.0. The van der Waals surface area contributed by atoms with Gasteiger partial charge in [-0.2, -0.15) is 30.1 Å². The van der Waals surface area contributed by atoms with E-state index in [0.717, 1.165) is 0 Å². The van der Waals surface area contributed by atoms with Crippen LogP contribution in [-0.4, -0.2) is 61.5 Å². The van der Waals surface area contributed by atoms with Crippen molar-refractivity contribution in [3.63, 3.8) is 0 Å². The molecule has 4 aromatic heterocycles. The number of fused-ring (bicyclic) bond motifs is 2. The summed E-state index contributed by atoms with van der Waals surface area (Å²) in [4.78, 5) is 44.2. The smallest absolute Gasteiger partial charge is 0.259 e. The monoisotopic (exact) mass is 844 g/mol. The second-order valence-electron chi connectivity index (χ2n) is 13.6. The Morgan fingerprint density at radius 1 is 0.594 bits per heavy atom. The van der Waals surface area contributed by atoms with Crippen molar-refractivity contribution in [2.45, 2.75) is 0 Å². The molecule has 2 amide bonds. The van der Waals surface area contributed by atoms with E-state index in [0.29, 0.717) is 32.9 Å². The predicted molar refractivity (Wildman–Crippen MR) is 233 cm³/mol. The van der Waals surface area contributed by atoms with E-state index in [2.05, 4.69) is 67.9 Å². The molecule has 6 N–H and O–H groups in total. The van der Waals surface area contributed by atoms with Gasteiger partial charge in [-0.25, -0.2) is 19.9 Å². The molecule has 5 aromatic carbocycles. The number of azo groups is 1. The van der Waals surface area contributed by atoms with Crippen LogP contribution in [0.25, 0.3) is 33.4 Å². The minimum absolute atomic E-state index is 0.0125. The minimum atomic E-state index is -0.673. The number of phenols is 2. The van der Waals surface area contributed by atoms with Crippen molar-refractivity contribution in [1.29, 1.82) is 10.5 Å². The summed E-state index contributed by atoms with van der Waals surface area (Å²) >= 11 is 0. The average molecular weight is 845 g/mol. The van der Waals surface area contributed by atoms with Crippen molar-refractivity contribution in [3.05, 3.63) is 156 Å². The Morgan fingerprint density at radius 2 is 1.11 bits per heavy atom. The number of hydrogen-bond donors (Lipinski definition) is 6. The number of hydrazine groups is 1. The second kappa shape index (κ2) is 16.9. The lowest BCUT2D eigenvalue weighted by molar-refractivity contribution is 0.101. The molecule has 9 aromatic rings. The van der Waals surface area contributed by atoms with Gasteiger partial charge in [0.15, 0.2) is 23.1 Å². The van der Waals surface area contributed by atoms with E-state index in [-0.39, 0.29) is 62.9 Å². The Bertz CT molecular complexity index is 3380. The highest BCUT2D eigenvalue weighted by atomic mass is 16.3. The number of carbonyl (C=O) groups is 2. The number of nitrogens with one attached hydrogen (secondary N) is 4. The topological polar surface area (TPSA) is 282 Å². The zero-order chi connectivity index (χ0) is 44.2. The molecule has 20 heteroatoms. The summed E-state index contributed by atoms with van der Waals surface area (Å²) in [6, 6.07) is 30.6. The summed E-state index contributed by atoms with van der Waals surface area (Å²) in [5.41, 5.74) is 6.71. The van der Waals surface area contributed by atoms with Gasteiger partial charge < -0.3 is 20.8 Å². The van der Waals surface area contributed by atoms with E-state index in [4.69, 9.17) is 0 Å². The molecule has 64 heavy (non-hydrogen) atoms. The van der Waals surface area contributed by atoms with Crippen LogP contribution in [0.3, 0.4) is 0 Å². The third-order valence-corrected chi connectivity index (χ3v) is 9.69. The molecule has 0 spiro atoms. The van der Waals surface area contributed by atoms with E-state index in [1.807, 2.05) is 6.07 Å². The number of nitrogens with zero attached hydrogens (tertiary/aromatic N) is 12. The van der Waals surface area contributed by atoms with Gasteiger partial charge in [-0.1, -0.05) is 48.5 Å². The first-order valence-electron chi connectivity index (χ1n) is 19.0. The molecule has 0 atom stereocenters. The summed E-state index contributed by atoms with van der Waals surface area (Å²) in [7, 11) is 0. The Kier molecular flexibility index (Phi) is 10.4. The number of aromatic nitrogens is 8. The molecule has 0 aliphatic heterocycles. The highest BCUT2D eigenvalue weighted by molar-refractivity contribution is 6.13. The molecule has 20 nitrogen and oxygen atoms in total. The Morgan fingerprint density at radius 3 is 1.72 bits per heavy atom. The minimum Gasteiger partial charge on any atom is -0.505 e. The third kappa shape index (κ3) is 7.51. The SMILES string of the molecule is N#Cc1cnn(-c2ncccn2)c1/N=N/c1c(O)c(C(=O)Nc2ccc(NC(=O)c3cc4ccccc4c(NNc4c(C#N)cnn4-c4ncccn4)c3O)cc2)cc2ccccc12. The van der Waals surface area contributed by atoms with Gasteiger partial charge in [0, 0.05) is 46.9 Å². The van der Waals surface area contributed by atoms with Gasteiger partial charge in [0.05, 0.1) is 23.5 Å². The van der Waals surface area contributed by atoms with E-state index >= 15 is 0 Å². The highest BCUT2D eigenvalue weighted by Gasteiger charge is 2.23. The average Bonchev–Trinajstić information content (AvgIpc) is 3.95. The molecule has 0 aliphatic rings. The van der Waals surface area contributed by atoms with E-state index in [1.165, 1.54) is 52.6 Å². The Hall–Kier alpha value is -10.1. The third-order valence-electron chi connectivity index (χ3n) is 9.69. The molecule has 0 saturated heterocycles. The van der Waals surface area contributed by atoms with Crippen LogP contribution in [-0.2, 0) is 0 Å². The van der Waals surface area contributed by atoms with Gasteiger partial charge in [-0.3, -0.25) is 20.4 Å². The number of carbonyl (C=O) groups excluding carboxylic acids is 2. The van der Waals surface area contributed by atoms with E-state index in [1.54, 1.807) is 91.0 Å². The van der Waals surface area contributed by atoms with Crippen LogP contribution in [0.5, 0.6) is 11.5 Å². The molecule has 0 fully saturated rings. The number of nitriles is 2.